The minimum Gasteiger partial charge on any atom is -0.384 e. The Morgan fingerprint density at radius 2 is 2.06 bits per heavy atom. The lowest BCUT2D eigenvalue weighted by atomic mass is 10.0. The number of aryl methyl sites for hydroxylation is 1. The molecule has 0 amide bonds. The summed E-state index contributed by atoms with van der Waals surface area (Å²) < 4.78 is 3.87. The fraction of sp³-hybridized carbons (Fsp3) is 0.364. The molecule has 3 nitrogen and oxygen atoms in total. The molecule has 2 aromatic heterocycles. The number of nitrogen functional groups attached to an aromatic ring is 1. The number of halogens is 2. The van der Waals surface area contributed by atoms with Crippen LogP contribution in [0, 0.1) is 0 Å². The van der Waals surface area contributed by atoms with Crippen LogP contribution >= 0.6 is 43.2 Å². The normalized spacial score (nSPS) is 11.4. The molecule has 2 heterocycles. The summed E-state index contributed by atoms with van der Waals surface area (Å²) >= 11 is 8.66. The topological polar surface area (TPSA) is 43.8 Å². The molecular weight excluding hydrogens is 366 g/mol. The lowest BCUT2D eigenvalue weighted by molar-refractivity contribution is 0.780. The van der Waals surface area contributed by atoms with Crippen molar-refractivity contribution in [2.24, 2.45) is 7.05 Å². The van der Waals surface area contributed by atoms with E-state index in [0.717, 1.165) is 30.2 Å². The summed E-state index contributed by atoms with van der Waals surface area (Å²) in [6.07, 6.45) is 0. The second-order valence-corrected chi connectivity index (χ2v) is 7.38. The summed E-state index contributed by atoms with van der Waals surface area (Å²) in [5, 5.41) is 4.52. The molecule has 0 aromatic carbocycles. The number of nitrogens with two attached hydrogens (primary N) is 1. The van der Waals surface area contributed by atoms with Crippen molar-refractivity contribution >= 4 is 49.0 Å². The Balaban J connectivity index is 2.63. The van der Waals surface area contributed by atoms with Crippen LogP contribution in [-0.4, -0.2) is 9.78 Å². The molecule has 0 fully saturated rings. The molecule has 0 bridgehead atoms. The lowest BCUT2D eigenvalue weighted by Crippen LogP contribution is -2.00. The van der Waals surface area contributed by atoms with Gasteiger partial charge in [-0.25, -0.2) is 0 Å². The van der Waals surface area contributed by atoms with E-state index in [-0.39, 0.29) is 0 Å². The first kappa shape index (κ1) is 13.1. The van der Waals surface area contributed by atoms with E-state index in [4.69, 9.17) is 5.73 Å². The predicted octanol–water partition coefficient (Wildman–Crippen LogP) is 4.38. The third-order valence-corrected chi connectivity index (χ3v) is 5.85. The molecule has 0 spiro atoms. The van der Waals surface area contributed by atoms with E-state index < -0.39 is 0 Å². The number of anilines is 1. The van der Waals surface area contributed by atoms with Gasteiger partial charge in [-0.2, -0.15) is 5.10 Å². The van der Waals surface area contributed by atoms with Crippen molar-refractivity contribution in [2.45, 2.75) is 19.8 Å². The van der Waals surface area contributed by atoms with Gasteiger partial charge in [0, 0.05) is 17.1 Å². The Bertz CT molecular complexity index is 538. The Labute approximate surface area is 121 Å². The van der Waals surface area contributed by atoms with Gasteiger partial charge in [0.1, 0.15) is 11.5 Å². The zero-order chi connectivity index (χ0) is 12.7. The molecular formula is C11H13Br2N3S. The van der Waals surface area contributed by atoms with Gasteiger partial charge < -0.3 is 5.73 Å². The highest BCUT2D eigenvalue weighted by molar-refractivity contribution is 9.13. The van der Waals surface area contributed by atoms with Crippen LogP contribution in [0.1, 0.15) is 25.3 Å². The molecule has 92 valence electrons. The van der Waals surface area contributed by atoms with Gasteiger partial charge in [0.05, 0.1) is 8.66 Å². The van der Waals surface area contributed by atoms with Gasteiger partial charge in [-0.3, -0.25) is 4.68 Å². The molecule has 0 aliphatic rings. The maximum atomic E-state index is 6.07. The first-order valence-electron chi connectivity index (χ1n) is 5.19. The van der Waals surface area contributed by atoms with Crippen molar-refractivity contribution < 1.29 is 0 Å². The maximum Gasteiger partial charge on any atom is 0.125 e. The smallest absolute Gasteiger partial charge is 0.125 e. The second-order valence-electron chi connectivity index (χ2n) is 4.16. The van der Waals surface area contributed by atoms with Crippen LogP contribution in [0.5, 0.6) is 0 Å². The molecule has 0 saturated heterocycles. The van der Waals surface area contributed by atoms with E-state index in [9.17, 15) is 0 Å². The maximum absolute atomic E-state index is 6.07. The van der Waals surface area contributed by atoms with Gasteiger partial charge in [0.25, 0.3) is 0 Å². The van der Waals surface area contributed by atoms with Gasteiger partial charge in [-0.1, -0.05) is 13.8 Å². The van der Waals surface area contributed by atoms with Gasteiger partial charge in [0.2, 0.25) is 0 Å². The van der Waals surface area contributed by atoms with Gasteiger partial charge in [-0.15, -0.1) is 11.3 Å². The minimum atomic E-state index is 0.360. The van der Waals surface area contributed by atoms with E-state index >= 15 is 0 Å². The molecule has 0 aliphatic heterocycles. The van der Waals surface area contributed by atoms with Crippen LogP contribution in [0.4, 0.5) is 5.82 Å². The van der Waals surface area contributed by atoms with E-state index in [1.165, 1.54) is 0 Å². The van der Waals surface area contributed by atoms with Gasteiger partial charge in [0.15, 0.2) is 0 Å². The molecule has 2 rings (SSSR count). The minimum absolute atomic E-state index is 0.360. The lowest BCUT2D eigenvalue weighted by Gasteiger charge is -2.05. The van der Waals surface area contributed by atoms with E-state index in [1.807, 2.05) is 7.05 Å². The van der Waals surface area contributed by atoms with Gasteiger partial charge >= 0.3 is 0 Å². The van der Waals surface area contributed by atoms with Crippen molar-refractivity contribution in [3.63, 3.8) is 0 Å². The quantitative estimate of drug-likeness (QED) is 0.842. The van der Waals surface area contributed by atoms with Crippen LogP contribution in [0.2, 0.25) is 0 Å². The average molecular weight is 379 g/mol. The Hall–Kier alpha value is -0.330. The zero-order valence-electron chi connectivity index (χ0n) is 9.79. The fourth-order valence-corrected chi connectivity index (χ4v) is 3.80. The highest BCUT2D eigenvalue weighted by Crippen LogP contribution is 2.41. The van der Waals surface area contributed by atoms with Gasteiger partial charge in [-0.05, 0) is 43.8 Å². The van der Waals surface area contributed by atoms with E-state index in [1.54, 1.807) is 16.0 Å². The number of hydrogen-bond donors (Lipinski definition) is 1. The summed E-state index contributed by atoms with van der Waals surface area (Å²) in [7, 11) is 1.88. The number of nitrogens with zero attached hydrogens (tertiary/aromatic N) is 2. The van der Waals surface area contributed by atoms with Crippen LogP contribution in [0.25, 0.3) is 10.6 Å². The van der Waals surface area contributed by atoms with E-state index in [0.29, 0.717) is 5.92 Å². The molecule has 6 heteroatoms. The summed E-state index contributed by atoms with van der Waals surface area (Å²) in [4.78, 5) is 1.12. The largest absolute Gasteiger partial charge is 0.384 e. The second kappa shape index (κ2) is 4.74. The van der Waals surface area contributed by atoms with Crippen LogP contribution in [0.3, 0.4) is 0 Å². The summed E-state index contributed by atoms with van der Waals surface area (Å²) in [5.41, 5.74) is 8.17. The van der Waals surface area contributed by atoms with Crippen LogP contribution in [0.15, 0.2) is 14.3 Å². The Kier molecular flexibility index (Phi) is 3.66. The number of rotatable bonds is 2. The summed E-state index contributed by atoms with van der Waals surface area (Å²) in [6.45, 7) is 4.27. The third-order valence-electron chi connectivity index (χ3n) is 2.59. The zero-order valence-corrected chi connectivity index (χ0v) is 13.8. The SMILES string of the molecule is CC(C)c1c(-c2cc(Br)c(Br)s2)nn(C)c1N. The Morgan fingerprint density at radius 1 is 1.41 bits per heavy atom. The molecule has 0 atom stereocenters. The highest BCUT2D eigenvalue weighted by atomic mass is 79.9. The van der Waals surface area contributed by atoms with Crippen molar-refractivity contribution in [3.8, 4) is 10.6 Å². The fourth-order valence-electron chi connectivity index (χ4n) is 1.77. The Morgan fingerprint density at radius 3 is 2.53 bits per heavy atom. The molecule has 0 aliphatic carbocycles. The molecule has 2 N–H and O–H groups in total. The van der Waals surface area contributed by atoms with Crippen molar-refractivity contribution in [1.82, 2.24) is 9.78 Å². The predicted molar refractivity (Wildman–Crippen MR) is 80.4 cm³/mol. The molecule has 0 saturated carbocycles. The first-order chi connectivity index (χ1) is 7.91. The van der Waals surface area contributed by atoms with E-state index in [2.05, 4.69) is 56.9 Å². The third kappa shape index (κ3) is 2.30. The van der Waals surface area contributed by atoms with Crippen LogP contribution < -0.4 is 5.73 Å². The van der Waals surface area contributed by atoms with Crippen molar-refractivity contribution in [1.29, 1.82) is 0 Å². The summed E-state index contributed by atoms with van der Waals surface area (Å²) in [6, 6.07) is 2.07. The molecule has 0 radical (unpaired) electrons. The average Bonchev–Trinajstić information content (AvgIpc) is 2.70. The number of thiophene rings is 1. The molecule has 2 aromatic rings. The molecule has 17 heavy (non-hydrogen) atoms. The highest BCUT2D eigenvalue weighted by Gasteiger charge is 2.20. The van der Waals surface area contributed by atoms with Crippen molar-refractivity contribution in [2.75, 3.05) is 5.73 Å². The monoisotopic (exact) mass is 377 g/mol. The van der Waals surface area contributed by atoms with Crippen LogP contribution in [-0.2, 0) is 7.05 Å². The number of aromatic nitrogens is 2. The number of hydrogen-bond acceptors (Lipinski definition) is 3. The first-order valence-corrected chi connectivity index (χ1v) is 7.59. The molecule has 0 unspecified atom stereocenters. The van der Waals surface area contributed by atoms with Crippen molar-refractivity contribution in [3.05, 3.63) is 19.9 Å². The standard InChI is InChI=1S/C11H13Br2N3S/c1-5(2)8-9(15-16(3)11(8)14)7-4-6(12)10(13)17-7/h4-5H,14H2,1-3H3. The summed E-state index contributed by atoms with van der Waals surface area (Å²) in [5.74, 6) is 1.11.